The molecule has 0 atom stereocenters. The van der Waals surface area contributed by atoms with Crippen molar-refractivity contribution in [2.24, 2.45) is 10.8 Å². The van der Waals surface area contributed by atoms with E-state index in [1.165, 1.54) is 97.4 Å². The molecule has 4 heteroatoms. The van der Waals surface area contributed by atoms with E-state index in [1.54, 1.807) is 0 Å². The maximum atomic E-state index is 2.88. The highest BCUT2D eigenvalue weighted by Crippen LogP contribution is 2.43. The van der Waals surface area contributed by atoms with E-state index in [0.717, 1.165) is 12.1 Å². The lowest BCUT2D eigenvalue weighted by Crippen LogP contribution is -2.63. The number of likely N-dealkylation sites (tertiary alicyclic amines) is 4. The van der Waals surface area contributed by atoms with Gasteiger partial charge in [0.1, 0.15) is 0 Å². The van der Waals surface area contributed by atoms with Crippen LogP contribution < -0.4 is 0 Å². The van der Waals surface area contributed by atoms with Gasteiger partial charge in [-0.15, -0.1) is 0 Å². The smallest absolute Gasteiger partial charge is 0.0350 e. The fraction of sp³-hybridized carbons (Fsp3) is 1.00. The summed E-state index contributed by atoms with van der Waals surface area (Å²) in [5.41, 5.74) is 1.45. The van der Waals surface area contributed by atoms with E-state index in [9.17, 15) is 0 Å². The van der Waals surface area contributed by atoms with Gasteiger partial charge in [0.25, 0.3) is 0 Å². The standard InChI is InChI=1S/C26H50N4/c1-24(2,3)21-27-19-23(20-27)28-13-7-22(8-14-28)29-15-9-26(10-16-29)11-17-30(18-12-26)25(4,5)6/h22-23H,7-21H2,1-6H3. The molecule has 4 saturated heterocycles. The molecule has 0 bridgehead atoms. The second kappa shape index (κ2) is 8.65. The summed E-state index contributed by atoms with van der Waals surface area (Å²) in [6, 6.07) is 1.70. The molecule has 0 aromatic rings. The molecule has 0 radical (unpaired) electrons. The van der Waals surface area contributed by atoms with Crippen LogP contribution in [0.15, 0.2) is 0 Å². The molecule has 4 nitrogen and oxygen atoms in total. The Bertz CT molecular complexity index is 543. The molecular formula is C26H50N4. The Labute approximate surface area is 187 Å². The van der Waals surface area contributed by atoms with Crippen molar-refractivity contribution >= 4 is 0 Å². The maximum absolute atomic E-state index is 2.88. The summed E-state index contributed by atoms with van der Waals surface area (Å²) in [5.74, 6) is 0. The van der Waals surface area contributed by atoms with E-state index < -0.39 is 0 Å². The zero-order valence-electron chi connectivity index (χ0n) is 21.1. The van der Waals surface area contributed by atoms with Gasteiger partial charge >= 0.3 is 0 Å². The van der Waals surface area contributed by atoms with Gasteiger partial charge < -0.3 is 4.90 Å². The molecule has 0 N–H and O–H groups in total. The van der Waals surface area contributed by atoms with Crippen LogP contribution >= 0.6 is 0 Å². The van der Waals surface area contributed by atoms with Gasteiger partial charge in [0.2, 0.25) is 0 Å². The molecule has 0 unspecified atom stereocenters. The third-order valence-electron chi connectivity index (χ3n) is 8.80. The van der Waals surface area contributed by atoms with Crippen molar-refractivity contribution in [2.45, 2.75) is 97.7 Å². The molecule has 4 aliphatic rings. The second-order valence-electron chi connectivity index (χ2n) is 13.4. The predicted octanol–water partition coefficient (Wildman–Crippen LogP) is 4.16. The summed E-state index contributed by atoms with van der Waals surface area (Å²) < 4.78 is 0. The molecule has 0 saturated carbocycles. The van der Waals surface area contributed by atoms with Crippen LogP contribution in [0.2, 0.25) is 0 Å². The van der Waals surface area contributed by atoms with Gasteiger partial charge in [-0.3, -0.25) is 14.7 Å². The highest BCUT2D eigenvalue weighted by molar-refractivity contribution is 4.96. The third-order valence-corrected chi connectivity index (χ3v) is 8.80. The van der Waals surface area contributed by atoms with Gasteiger partial charge in [-0.2, -0.15) is 0 Å². The van der Waals surface area contributed by atoms with E-state index in [4.69, 9.17) is 0 Å². The van der Waals surface area contributed by atoms with Crippen LogP contribution in [0, 0.1) is 10.8 Å². The first kappa shape index (κ1) is 23.0. The highest BCUT2D eigenvalue weighted by Gasteiger charge is 2.41. The molecule has 174 valence electrons. The molecule has 30 heavy (non-hydrogen) atoms. The predicted molar refractivity (Wildman–Crippen MR) is 128 cm³/mol. The topological polar surface area (TPSA) is 13.0 Å². The molecule has 4 rings (SSSR count). The maximum Gasteiger partial charge on any atom is 0.0350 e. The summed E-state index contributed by atoms with van der Waals surface area (Å²) in [4.78, 5) is 11.1. The average Bonchev–Trinajstić information content (AvgIpc) is 2.64. The van der Waals surface area contributed by atoms with E-state index in [2.05, 4.69) is 61.1 Å². The van der Waals surface area contributed by atoms with Crippen LogP contribution in [0.25, 0.3) is 0 Å². The van der Waals surface area contributed by atoms with Crippen LogP contribution in [-0.2, 0) is 0 Å². The Balaban J connectivity index is 1.16. The number of rotatable bonds is 3. The number of piperidine rings is 3. The van der Waals surface area contributed by atoms with Crippen molar-refractivity contribution in [3.05, 3.63) is 0 Å². The summed E-state index contributed by atoms with van der Waals surface area (Å²) in [6.07, 6.45) is 8.58. The molecule has 0 aromatic heterocycles. The van der Waals surface area contributed by atoms with Crippen LogP contribution in [0.3, 0.4) is 0 Å². The average molecular weight is 419 g/mol. The van der Waals surface area contributed by atoms with Crippen molar-refractivity contribution in [2.75, 3.05) is 58.9 Å². The first-order valence-electron chi connectivity index (χ1n) is 13.0. The van der Waals surface area contributed by atoms with Crippen molar-refractivity contribution in [3.8, 4) is 0 Å². The van der Waals surface area contributed by atoms with Crippen LogP contribution in [0.1, 0.15) is 80.1 Å². The van der Waals surface area contributed by atoms with Crippen LogP contribution in [-0.4, -0.2) is 96.1 Å². The van der Waals surface area contributed by atoms with Gasteiger partial charge in [0.05, 0.1) is 0 Å². The number of hydrogen-bond acceptors (Lipinski definition) is 4. The van der Waals surface area contributed by atoms with Gasteiger partial charge in [-0.1, -0.05) is 20.8 Å². The normalized spacial score (nSPS) is 29.4. The first-order valence-corrected chi connectivity index (χ1v) is 13.0. The molecule has 4 fully saturated rings. The van der Waals surface area contributed by atoms with Crippen LogP contribution in [0.5, 0.6) is 0 Å². The van der Waals surface area contributed by atoms with Gasteiger partial charge in [-0.05, 0) is 96.3 Å². The van der Waals surface area contributed by atoms with Gasteiger partial charge in [-0.25, -0.2) is 0 Å². The monoisotopic (exact) mass is 418 g/mol. The summed E-state index contributed by atoms with van der Waals surface area (Å²) >= 11 is 0. The molecule has 0 amide bonds. The molecule has 4 heterocycles. The fourth-order valence-corrected chi connectivity index (χ4v) is 6.70. The number of hydrogen-bond donors (Lipinski definition) is 0. The Hall–Kier alpha value is -0.160. The summed E-state index contributed by atoms with van der Waals surface area (Å²) in [7, 11) is 0. The minimum Gasteiger partial charge on any atom is -0.300 e. The Kier molecular flexibility index (Phi) is 6.63. The zero-order valence-corrected chi connectivity index (χ0v) is 21.1. The lowest BCUT2D eigenvalue weighted by atomic mass is 9.70. The highest BCUT2D eigenvalue weighted by atomic mass is 15.3. The zero-order chi connectivity index (χ0) is 21.6. The Morgan fingerprint density at radius 2 is 1.17 bits per heavy atom. The van der Waals surface area contributed by atoms with E-state index in [-0.39, 0.29) is 0 Å². The van der Waals surface area contributed by atoms with Gasteiger partial charge in [0.15, 0.2) is 0 Å². The lowest BCUT2D eigenvalue weighted by molar-refractivity contribution is -0.0298. The largest absolute Gasteiger partial charge is 0.300 e. The van der Waals surface area contributed by atoms with Crippen molar-refractivity contribution in [1.29, 1.82) is 0 Å². The molecule has 0 aromatic carbocycles. The SMILES string of the molecule is CC(C)(C)CN1CC(N2CCC(N3CCC4(CC3)CCN(C(C)(C)C)CC4)CC2)C1. The second-order valence-corrected chi connectivity index (χ2v) is 13.4. The van der Waals surface area contributed by atoms with Crippen molar-refractivity contribution in [3.63, 3.8) is 0 Å². The quantitative estimate of drug-likeness (QED) is 0.682. The Morgan fingerprint density at radius 1 is 0.667 bits per heavy atom. The Morgan fingerprint density at radius 3 is 1.67 bits per heavy atom. The van der Waals surface area contributed by atoms with Crippen molar-refractivity contribution < 1.29 is 0 Å². The molecule has 1 spiro atoms. The van der Waals surface area contributed by atoms with E-state index >= 15 is 0 Å². The minimum atomic E-state index is 0.348. The van der Waals surface area contributed by atoms with E-state index in [1.807, 2.05) is 0 Å². The first-order chi connectivity index (χ1) is 14.0. The van der Waals surface area contributed by atoms with Gasteiger partial charge in [0, 0.05) is 50.3 Å². The lowest BCUT2D eigenvalue weighted by Gasteiger charge is -2.52. The van der Waals surface area contributed by atoms with Crippen LogP contribution in [0.4, 0.5) is 0 Å². The summed E-state index contributed by atoms with van der Waals surface area (Å²) in [6.45, 7) is 26.1. The molecule has 4 aliphatic heterocycles. The third kappa shape index (κ3) is 5.42. The molecular weight excluding hydrogens is 368 g/mol. The number of nitrogens with zero attached hydrogens (tertiary/aromatic N) is 4. The minimum absolute atomic E-state index is 0.348. The van der Waals surface area contributed by atoms with Crippen molar-refractivity contribution in [1.82, 2.24) is 19.6 Å². The molecule has 0 aliphatic carbocycles. The summed E-state index contributed by atoms with van der Waals surface area (Å²) in [5, 5.41) is 0. The fourth-order valence-electron chi connectivity index (χ4n) is 6.70. The van der Waals surface area contributed by atoms with E-state index in [0.29, 0.717) is 16.4 Å².